The molecule has 1 atom stereocenters. The first-order valence-corrected chi connectivity index (χ1v) is 17.5. The van der Waals surface area contributed by atoms with Crippen molar-refractivity contribution in [2.75, 3.05) is 29.4 Å². The van der Waals surface area contributed by atoms with Crippen molar-refractivity contribution in [2.45, 2.75) is 86.0 Å². The Morgan fingerprint density at radius 3 is 2.35 bits per heavy atom. The normalized spacial score (nSPS) is 17.3. The van der Waals surface area contributed by atoms with Crippen molar-refractivity contribution in [3.8, 4) is 11.1 Å². The number of benzene rings is 2. The number of anilines is 2. The van der Waals surface area contributed by atoms with Gasteiger partial charge in [0.05, 0.1) is 31.6 Å². The van der Waals surface area contributed by atoms with Gasteiger partial charge in [0.2, 0.25) is 0 Å². The van der Waals surface area contributed by atoms with Gasteiger partial charge in [-0.2, -0.15) is 0 Å². The summed E-state index contributed by atoms with van der Waals surface area (Å²) in [6.45, 7) is 17.5. The highest BCUT2D eigenvalue weighted by atomic mass is 35.5. The van der Waals surface area contributed by atoms with E-state index in [0.29, 0.717) is 21.3 Å². The van der Waals surface area contributed by atoms with Crippen LogP contribution in [0, 0.1) is 19.3 Å². The van der Waals surface area contributed by atoms with Crippen molar-refractivity contribution in [2.24, 2.45) is 5.41 Å². The molecule has 244 valence electrons. The molecule has 0 radical (unpaired) electrons. The van der Waals surface area contributed by atoms with Crippen LogP contribution in [0.4, 0.5) is 10.8 Å². The lowest BCUT2D eigenvalue weighted by atomic mass is 9.81. The predicted octanol–water partition coefficient (Wildman–Crippen LogP) is 9.41. The van der Waals surface area contributed by atoms with Gasteiger partial charge in [-0.15, -0.1) is 0 Å². The number of aryl methyl sites for hydroxylation is 2. The highest BCUT2D eigenvalue weighted by Crippen LogP contribution is 2.45. The zero-order valence-corrected chi connectivity index (χ0v) is 30.0. The Labute approximate surface area is 285 Å². The topological polar surface area (TPSA) is 78.8 Å². The zero-order chi connectivity index (χ0) is 33.1. The number of aromatic nitrogens is 2. The number of hydrogen-bond acceptors (Lipinski definition) is 7. The number of rotatable bonds is 6. The number of ether oxygens (including phenoxy) is 1. The molecule has 2 aromatic heterocycles. The van der Waals surface area contributed by atoms with Crippen LogP contribution in [-0.2, 0) is 22.5 Å². The Kier molecular flexibility index (Phi) is 8.81. The standard InChI is InChI=1S/C36H42Cl2N4O3S/c1-20-29(31(41-14-11-36(6,7)12-15-41)30(21(2)39-20)32(33(43)44)45-35(3,4)5)23-8-9-24-19-42(13-10-22(24)16-23)34-40-27-17-25(37)26(38)18-28(27)46-34/h8-9,16-18,32H,10-15,19H2,1-7H3,(H,43,44)/t32-/m0/s1. The Morgan fingerprint density at radius 1 is 0.978 bits per heavy atom. The van der Waals surface area contributed by atoms with Crippen LogP contribution in [0.3, 0.4) is 0 Å². The summed E-state index contributed by atoms with van der Waals surface area (Å²) in [5.41, 5.74) is 8.23. The summed E-state index contributed by atoms with van der Waals surface area (Å²) in [7, 11) is 0. The van der Waals surface area contributed by atoms with Gasteiger partial charge in [0.15, 0.2) is 11.2 Å². The number of hydrogen-bond donors (Lipinski definition) is 1. The van der Waals surface area contributed by atoms with E-state index in [2.05, 4.69) is 41.8 Å². The van der Waals surface area contributed by atoms with E-state index in [9.17, 15) is 9.90 Å². The van der Waals surface area contributed by atoms with E-state index in [1.54, 1.807) is 11.3 Å². The Balaban J connectivity index is 1.41. The molecule has 7 nitrogen and oxygen atoms in total. The number of carboxylic acids is 1. The van der Waals surface area contributed by atoms with Crippen LogP contribution in [0.2, 0.25) is 10.0 Å². The maximum atomic E-state index is 12.8. The number of aliphatic carboxylic acids is 1. The molecule has 0 saturated carbocycles. The fourth-order valence-corrected chi connectivity index (χ4v) is 8.07. The van der Waals surface area contributed by atoms with Crippen molar-refractivity contribution in [1.82, 2.24) is 9.97 Å². The summed E-state index contributed by atoms with van der Waals surface area (Å²) < 4.78 is 7.28. The smallest absolute Gasteiger partial charge is 0.337 e. The minimum Gasteiger partial charge on any atom is -0.479 e. The SMILES string of the molecule is Cc1nc(C)c([C@H](OC(C)(C)C)C(=O)O)c(N2CCC(C)(C)CC2)c1-c1ccc2c(c1)CCN(c1nc3cc(Cl)c(Cl)cc3s1)C2. The lowest BCUT2D eigenvalue weighted by Gasteiger charge is -2.41. The number of nitrogens with zero attached hydrogens (tertiary/aromatic N) is 4. The minimum atomic E-state index is -1.14. The van der Waals surface area contributed by atoms with E-state index < -0.39 is 17.7 Å². The largest absolute Gasteiger partial charge is 0.479 e. The Hall–Kier alpha value is -2.91. The number of fused-ring (bicyclic) bond motifs is 2. The van der Waals surface area contributed by atoms with Gasteiger partial charge in [-0.1, -0.05) is 66.6 Å². The van der Waals surface area contributed by atoms with Crippen LogP contribution < -0.4 is 9.80 Å². The van der Waals surface area contributed by atoms with Crippen molar-refractivity contribution in [1.29, 1.82) is 0 Å². The molecule has 0 spiro atoms. The predicted molar refractivity (Wildman–Crippen MR) is 190 cm³/mol. The molecule has 4 heterocycles. The fraction of sp³-hybridized carbons (Fsp3) is 0.472. The fourth-order valence-electron chi connectivity index (χ4n) is 6.67. The third-order valence-electron chi connectivity index (χ3n) is 9.17. The lowest BCUT2D eigenvalue weighted by molar-refractivity contribution is -0.160. The number of halogens is 2. The minimum absolute atomic E-state index is 0.238. The maximum absolute atomic E-state index is 12.8. The first-order valence-electron chi connectivity index (χ1n) is 15.9. The highest BCUT2D eigenvalue weighted by Gasteiger charge is 2.36. The summed E-state index contributed by atoms with van der Waals surface area (Å²) >= 11 is 14.2. The molecule has 1 fully saturated rings. The van der Waals surface area contributed by atoms with E-state index in [0.717, 1.165) is 83.3 Å². The molecule has 0 aliphatic carbocycles. The van der Waals surface area contributed by atoms with Crippen molar-refractivity contribution in [3.05, 3.63) is 68.5 Å². The molecule has 0 unspecified atom stereocenters. The Morgan fingerprint density at radius 2 is 1.67 bits per heavy atom. The molecule has 2 aromatic carbocycles. The lowest BCUT2D eigenvalue weighted by Crippen LogP contribution is -2.39. The van der Waals surface area contributed by atoms with Gasteiger partial charge < -0.3 is 19.6 Å². The van der Waals surface area contributed by atoms with Crippen LogP contribution in [0.15, 0.2) is 30.3 Å². The Bertz CT molecular complexity index is 1780. The molecule has 1 N–H and O–H groups in total. The van der Waals surface area contributed by atoms with E-state index in [1.165, 1.54) is 11.1 Å². The van der Waals surface area contributed by atoms with Gasteiger partial charge in [-0.05, 0) is 88.1 Å². The number of carbonyl (C=O) groups is 1. The van der Waals surface area contributed by atoms with Crippen molar-refractivity contribution >= 4 is 61.5 Å². The number of thiazole rings is 1. The van der Waals surface area contributed by atoms with Crippen LogP contribution in [0.25, 0.3) is 21.3 Å². The molecule has 1 saturated heterocycles. The number of pyridine rings is 1. The van der Waals surface area contributed by atoms with Crippen LogP contribution in [0.5, 0.6) is 0 Å². The molecule has 0 bridgehead atoms. The highest BCUT2D eigenvalue weighted by molar-refractivity contribution is 7.22. The van der Waals surface area contributed by atoms with Gasteiger partial charge in [0, 0.05) is 48.7 Å². The molecule has 0 amide bonds. The van der Waals surface area contributed by atoms with E-state index in [1.807, 2.05) is 46.8 Å². The first-order chi connectivity index (χ1) is 21.6. The third kappa shape index (κ3) is 6.59. The van der Waals surface area contributed by atoms with Gasteiger partial charge in [0.1, 0.15) is 0 Å². The second-order valence-electron chi connectivity index (χ2n) is 14.4. The molecule has 2 aliphatic heterocycles. The second kappa shape index (κ2) is 12.3. The van der Waals surface area contributed by atoms with E-state index >= 15 is 0 Å². The molecule has 2 aliphatic rings. The average Bonchev–Trinajstić information content (AvgIpc) is 3.37. The first kappa shape index (κ1) is 33.0. The van der Waals surface area contributed by atoms with Crippen LogP contribution >= 0.6 is 34.5 Å². The average molecular weight is 682 g/mol. The van der Waals surface area contributed by atoms with E-state index in [4.69, 9.17) is 37.9 Å². The second-order valence-corrected chi connectivity index (χ2v) is 16.2. The molecule has 6 rings (SSSR count). The molecular weight excluding hydrogens is 639 g/mol. The maximum Gasteiger partial charge on any atom is 0.337 e. The van der Waals surface area contributed by atoms with Crippen molar-refractivity contribution < 1.29 is 14.6 Å². The summed E-state index contributed by atoms with van der Waals surface area (Å²) in [6.07, 6.45) is 1.77. The van der Waals surface area contributed by atoms with Gasteiger partial charge in [-0.3, -0.25) is 4.98 Å². The number of piperidine rings is 1. The summed E-state index contributed by atoms with van der Waals surface area (Å²) in [4.78, 5) is 27.4. The van der Waals surface area contributed by atoms with Gasteiger partial charge in [-0.25, -0.2) is 9.78 Å². The molecule has 4 aromatic rings. The quantitative estimate of drug-likeness (QED) is 0.217. The van der Waals surface area contributed by atoms with Gasteiger partial charge in [0.25, 0.3) is 0 Å². The number of carboxylic acid groups (broad SMARTS) is 1. The van der Waals surface area contributed by atoms with Crippen LogP contribution in [-0.4, -0.2) is 46.3 Å². The zero-order valence-electron chi connectivity index (χ0n) is 27.6. The van der Waals surface area contributed by atoms with Gasteiger partial charge >= 0.3 is 5.97 Å². The molecule has 46 heavy (non-hydrogen) atoms. The summed E-state index contributed by atoms with van der Waals surface area (Å²) in [5.74, 6) is -1.00. The third-order valence-corrected chi connectivity index (χ3v) is 11.0. The van der Waals surface area contributed by atoms with Crippen LogP contribution in [0.1, 0.15) is 81.6 Å². The molecular formula is C36H42Cl2N4O3S. The van der Waals surface area contributed by atoms with E-state index in [-0.39, 0.29) is 5.41 Å². The summed E-state index contributed by atoms with van der Waals surface area (Å²) in [6, 6.07) is 10.4. The molecule has 10 heteroatoms. The summed E-state index contributed by atoms with van der Waals surface area (Å²) in [5, 5.41) is 12.5. The monoisotopic (exact) mass is 680 g/mol. The van der Waals surface area contributed by atoms with Crippen molar-refractivity contribution in [3.63, 3.8) is 0 Å².